The first kappa shape index (κ1) is 20.8. The molecule has 0 atom stereocenters. The summed E-state index contributed by atoms with van der Waals surface area (Å²) in [5.41, 5.74) is 0.482. The van der Waals surface area contributed by atoms with E-state index < -0.39 is 10.0 Å². The number of nitrogens with zero attached hydrogens (tertiary/aromatic N) is 1. The van der Waals surface area contributed by atoms with Crippen LogP contribution in [0.3, 0.4) is 0 Å². The molecule has 0 unspecified atom stereocenters. The minimum absolute atomic E-state index is 0.0955. The molecule has 0 spiro atoms. The molecule has 1 N–H and O–H groups in total. The van der Waals surface area contributed by atoms with Gasteiger partial charge in [-0.3, -0.25) is 4.79 Å². The van der Waals surface area contributed by atoms with Gasteiger partial charge in [-0.2, -0.15) is 0 Å². The fourth-order valence-electron chi connectivity index (χ4n) is 3.29. The summed E-state index contributed by atoms with van der Waals surface area (Å²) < 4.78 is 40.2. The molecule has 1 saturated heterocycles. The van der Waals surface area contributed by atoms with E-state index in [1.807, 2.05) is 0 Å². The molecule has 2 aromatic rings. The number of carbonyl (C=O) groups is 1. The monoisotopic (exact) mass is 424 g/mol. The zero-order valence-corrected chi connectivity index (χ0v) is 16.8. The van der Waals surface area contributed by atoms with Crippen molar-refractivity contribution in [3.8, 4) is 0 Å². The number of carbonyl (C=O) groups excluding carboxylic acids is 1. The van der Waals surface area contributed by atoms with Crippen molar-refractivity contribution >= 4 is 27.5 Å². The minimum Gasteiger partial charge on any atom is -0.339 e. The van der Waals surface area contributed by atoms with Crippen LogP contribution in [0.25, 0.3) is 0 Å². The largest absolute Gasteiger partial charge is 0.339 e. The number of sulfonamides is 1. The second-order valence-electron chi connectivity index (χ2n) is 6.88. The molecule has 1 aliphatic heterocycles. The Morgan fingerprint density at radius 2 is 1.68 bits per heavy atom. The molecule has 0 aromatic heterocycles. The summed E-state index contributed by atoms with van der Waals surface area (Å²) in [6, 6.07) is 11.6. The first-order valence-electron chi connectivity index (χ1n) is 9.15. The lowest BCUT2D eigenvalue weighted by Gasteiger charge is -2.32. The number of amides is 1. The van der Waals surface area contributed by atoms with E-state index in [1.54, 1.807) is 17.0 Å². The number of nitrogens with one attached hydrogen (secondary N) is 1. The smallest absolute Gasteiger partial charge is 0.253 e. The Morgan fingerprint density at radius 1 is 1.07 bits per heavy atom. The van der Waals surface area contributed by atoms with E-state index >= 15 is 0 Å². The van der Waals surface area contributed by atoms with Gasteiger partial charge in [0, 0.05) is 30.2 Å². The Balaban J connectivity index is 1.45. The Bertz CT molecular complexity index is 909. The second-order valence-corrected chi connectivity index (χ2v) is 9.09. The molecule has 1 fully saturated rings. The summed E-state index contributed by atoms with van der Waals surface area (Å²) >= 11 is 5.79. The predicted molar refractivity (Wildman–Crippen MR) is 106 cm³/mol. The van der Waals surface area contributed by atoms with E-state index in [0.717, 1.165) is 12.8 Å². The molecule has 5 nitrogen and oxygen atoms in total. The van der Waals surface area contributed by atoms with E-state index in [0.29, 0.717) is 42.6 Å². The zero-order chi connectivity index (χ0) is 20.1. The fourth-order valence-corrected chi connectivity index (χ4v) is 4.47. The van der Waals surface area contributed by atoms with Gasteiger partial charge < -0.3 is 4.90 Å². The summed E-state index contributed by atoms with van der Waals surface area (Å²) in [6.07, 6.45) is 2.34. The van der Waals surface area contributed by atoms with Gasteiger partial charge in [-0.1, -0.05) is 11.6 Å². The molecule has 28 heavy (non-hydrogen) atoms. The lowest BCUT2D eigenvalue weighted by Crippen LogP contribution is -2.39. The van der Waals surface area contributed by atoms with Crippen LogP contribution in [0.2, 0.25) is 5.02 Å². The Morgan fingerprint density at radius 3 is 2.29 bits per heavy atom. The molecule has 0 radical (unpaired) electrons. The molecule has 1 aliphatic rings. The maximum Gasteiger partial charge on any atom is 0.253 e. The van der Waals surface area contributed by atoms with Crippen LogP contribution < -0.4 is 4.72 Å². The van der Waals surface area contributed by atoms with Gasteiger partial charge in [0.15, 0.2) is 0 Å². The quantitative estimate of drug-likeness (QED) is 0.768. The van der Waals surface area contributed by atoms with Crippen molar-refractivity contribution in [1.29, 1.82) is 0 Å². The number of likely N-dealkylation sites (tertiary alicyclic amines) is 1. The predicted octanol–water partition coefficient (Wildman–Crippen LogP) is 3.70. The van der Waals surface area contributed by atoms with E-state index in [4.69, 9.17) is 11.6 Å². The van der Waals surface area contributed by atoms with Gasteiger partial charge in [-0.25, -0.2) is 17.5 Å². The lowest BCUT2D eigenvalue weighted by molar-refractivity contribution is 0.0687. The first-order chi connectivity index (χ1) is 13.3. The van der Waals surface area contributed by atoms with Crippen molar-refractivity contribution in [2.45, 2.75) is 24.2 Å². The third kappa shape index (κ3) is 5.31. The minimum atomic E-state index is -3.55. The second kappa shape index (κ2) is 9.03. The molecule has 1 amide bonds. The highest BCUT2D eigenvalue weighted by Crippen LogP contribution is 2.22. The molecule has 2 aromatic carbocycles. The molecule has 0 aliphatic carbocycles. The van der Waals surface area contributed by atoms with Crippen molar-refractivity contribution in [3.63, 3.8) is 0 Å². The molecule has 150 valence electrons. The maximum absolute atomic E-state index is 13.0. The highest BCUT2D eigenvalue weighted by atomic mass is 35.5. The van der Waals surface area contributed by atoms with Gasteiger partial charge in [-0.05, 0) is 73.7 Å². The van der Waals surface area contributed by atoms with E-state index in [-0.39, 0.29) is 16.6 Å². The highest BCUT2D eigenvalue weighted by molar-refractivity contribution is 7.89. The Hall–Kier alpha value is -1.96. The molecule has 3 rings (SSSR count). The standard InChI is InChI=1S/C20H22ClFN2O3S/c21-17-3-7-19(8-4-17)28(26,27)23-12-9-15-10-13-24(14-11-15)20(25)16-1-5-18(22)6-2-16/h1-8,15,23H,9-14H2. The maximum atomic E-state index is 13.0. The number of hydrogen-bond donors (Lipinski definition) is 1. The van der Waals surface area contributed by atoms with Gasteiger partial charge in [0.1, 0.15) is 5.82 Å². The molecular weight excluding hydrogens is 403 g/mol. The SMILES string of the molecule is O=C(c1ccc(F)cc1)N1CCC(CCNS(=O)(=O)c2ccc(Cl)cc2)CC1. The average Bonchev–Trinajstić information content (AvgIpc) is 2.69. The van der Waals surface area contributed by atoms with Crippen LogP contribution in [0.1, 0.15) is 29.6 Å². The molecule has 8 heteroatoms. The molecule has 0 saturated carbocycles. The van der Waals surface area contributed by atoms with Crippen molar-refractivity contribution < 1.29 is 17.6 Å². The van der Waals surface area contributed by atoms with Gasteiger partial charge >= 0.3 is 0 Å². The van der Waals surface area contributed by atoms with Crippen LogP contribution in [0.4, 0.5) is 4.39 Å². The number of rotatable bonds is 6. The summed E-state index contributed by atoms with van der Waals surface area (Å²) in [7, 11) is -3.55. The fraction of sp³-hybridized carbons (Fsp3) is 0.350. The van der Waals surface area contributed by atoms with E-state index in [1.165, 1.54) is 36.4 Å². The topological polar surface area (TPSA) is 66.5 Å². The average molecular weight is 425 g/mol. The molecule has 0 bridgehead atoms. The summed E-state index contributed by atoms with van der Waals surface area (Å²) in [4.78, 5) is 14.4. The lowest BCUT2D eigenvalue weighted by atomic mass is 9.93. The summed E-state index contributed by atoms with van der Waals surface area (Å²) in [5, 5.41) is 0.487. The van der Waals surface area contributed by atoms with Crippen molar-refractivity contribution in [1.82, 2.24) is 9.62 Å². The van der Waals surface area contributed by atoms with Gasteiger partial charge in [0.05, 0.1) is 4.90 Å². The number of benzene rings is 2. The van der Waals surface area contributed by atoms with Crippen LogP contribution in [0.15, 0.2) is 53.4 Å². The molecular formula is C20H22ClFN2O3S. The van der Waals surface area contributed by atoms with Crippen molar-refractivity contribution in [2.75, 3.05) is 19.6 Å². The van der Waals surface area contributed by atoms with Crippen LogP contribution in [0.5, 0.6) is 0 Å². The van der Waals surface area contributed by atoms with Crippen LogP contribution in [-0.4, -0.2) is 38.9 Å². The number of hydrogen-bond acceptors (Lipinski definition) is 3. The van der Waals surface area contributed by atoms with E-state index in [9.17, 15) is 17.6 Å². The van der Waals surface area contributed by atoms with Gasteiger partial charge in [0.25, 0.3) is 5.91 Å². The van der Waals surface area contributed by atoms with E-state index in [2.05, 4.69) is 4.72 Å². The zero-order valence-electron chi connectivity index (χ0n) is 15.3. The van der Waals surface area contributed by atoms with Crippen LogP contribution in [0, 0.1) is 11.7 Å². The Kier molecular flexibility index (Phi) is 6.69. The normalized spacial score (nSPS) is 15.6. The van der Waals surface area contributed by atoms with Crippen LogP contribution in [-0.2, 0) is 10.0 Å². The number of piperidine rings is 1. The third-order valence-corrected chi connectivity index (χ3v) is 6.69. The van der Waals surface area contributed by atoms with Crippen molar-refractivity contribution in [3.05, 3.63) is 64.9 Å². The summed E-state index contributed by atoms with van der Waals surface area (Å²) in [6.45, 7) is 1.58. The highest BCUT2D eigenvalue weighted by Gasteiger charge is 2.24. The third-order valence-electron chi connectivity index (χ3n) is 4.96. The Labute approximate surface area is 169 Å². The van der Waals surface area contributed by atoms with Gasteiger partial charge in [-0.15, -0.1) is 0 Å². The number of halogens is 2. The first-order valence-corrected chi connectivity index (χ1v) is 11.0. The van der Waals surface area contributed by atoms with Crippen molar-refractivity contribution in [2.24, 2.45) is 5.92 Å². The summed E-state index contributed by atoms with van der Waals surface area (Å²) in [5.74, 6) is -0.108. The molecule has 1 heterocycles. The van der Waals surface area contributed by atoms with Gasteiger partial charge in [0.2, 0.25) is 10.0 Å². The van der Waals surface area contributed by atoms with Crippen LogP contribution >= 0.6 is 11.6 Å².